The topological polar surface area (TPSA) is 56.5 Å². The van der Waals surface area contributed by atoms with Crippen LogP contribution in [0.5, 0.6) is 5.75 Å². The quantitative estimate of drug-likeness (QED) is 0.409. The summed E-state index contributed by atoms with van der Waals surface area (Å²) in [5, 5.41) is 0.814. The molecule has 0 radical (unpaired) electrons. The first-order valence-corrected chi connectivity index (χ1v) is 8.84. The number of halogens is 2. The molecule has 1 aliphatic rings. The molecule has 0 aliphatic heterocycles. The smallest absolute Gasteiger partial charge is 0.380 e. The van der Waals surface area contributed by atoms with Gasteiger partial charge in [-0.2, -0.15) is 0 Å². The summed E-state index contributed by atoms with van der Waals surface area (Å²) >= 11 is 7.34. The number of rotatable bonds is 2. The molecule has 0 bridgehead atoms. The Hall–Kier alpha value is -1.14. The van der Waals surface area contributed by atoms with E-state index in [0.717, 1.165) is 23.8 Å². The summed E-state index contributed by atoms with van der Waals surface area (Å²) in [4.78, 5) is 24.1. The highest BCUT2D eigenvalue weighted by molar-refractivity contribution is 9.12. The third kappa shape index (κ3) is 2.74. The third-order valence-electron chi connectivity index (χ3n) is 3.91. The van der Waals surface area contributed by atoms with E-state index in [1.54, 1.807) is 6.07 Å². The predicted octanol–water partition coefficient (Wildman–Crippen LogP) is 4.12. The van der Waals surface area contributed by atoms with Gasteiger partial charge in [0.15, 0.2) is 0 Å². The van der Waals surface area contributed by atoms with Crippen LogP contribution in [-0.2, 0) is 4.79 Å². The van der Waals surface area contributed by atoms with Crippen LogP contribution in [0.3, 0.4) is 0 Å². The largest absolute Gasteiger partial charge is 0.420 e. The van der Waals surface area contributed by atoms with Crippen LogP contribution in [-0.4, -0.2) is 15.6 Å². The van der Waals surface area contributed by atoms with Gasteiger partial charge in [0, 0.05) is 33.4 Å². The highest BCUT2D eigenvalue weighted by Gasteiger charge is 2.37. The molecule has 22 heavy (non-hydrogen) atoms. The van der Waals surface area contributed by atoms with Gasteiger partial charge in [0.2, 0.25) is 5.75 Å². The second kappa shape index (κ2) is 6.16. The molecule has 1 aromatic carbocycles. The van der Waals surface area contributed by atoms with Gasteiger partial charge in [-0.05, 0) is 18.9 Å². The van der Waals surface area contributed by atoms with Gasteiger partial charge in [-0.1, -0.05) is 50.1 Å². The number of ether oxygens (including phenoxy) is 1. The number of carbonyl (C=O) groups excluding carboxylic acids is 1. The molecular formula is C16H14Br2O4. The van der Waals surface area contributed by atoms with E-state index in [9.17, 15) is 9.59 Å². The first-order valence-electron chi connectivity index (χ1n) is 7.01. The van der Waals surface area contributed by atoms with Gasteiger partial charge in [0.1, 0.15) is 5.58 Å². The Labute approximate surface area is 144 Å². The number of fused-ring (bicyclic) bond motifs is 1. The van der Waals surface area contributed by atoms with Crippen molar-refractivity contribution in [3.63, 3.8) is 0 Å². The molecule has 1 heterocycles. The maximum absolute atomic E-state index is 12.3. The van der Waals surface area contributed by atoms with E-state index >= 15 is 0 Å². The molecule has 0 unspecified atom stereocenters. The number of alkyl halides is 2. The van der Waals surface area contributed by atoms with E-state index in [2.05, 4.69) is 31.9 Å². The lowest BCUT2D eigenvalue weighted by Gasteiger charge is -2.20. The van der Waals surface area contributed by atoms with Gasteiger partial charge in [0.05, 0.1) is 0 Å². The Morgan fingerprint density at radius 3 is 2.64 bits per heavy atom. The number of hydrogen-bond donors (Lipinski definition) is 0. The molecule has 116 valence electrons. The molecular weight excluding hydrogens is 416 g/mol. The van der Waals surface area contributed by atoms with Crippen LogP contribution in [0.4, 0.5) is 0 Å². The Morgan fingerprint density at radius 1 is 1.27 bits per heavy atom. The summed E-state index contributed by atoms with van der Waals surface area (Å²) in [6, 6.07) is 7.34. The lowest BCUT2D eigenvalue weighted by atomic mass is 9.94. The number of benzene rings is 1. The molecule has 4 nitrogen and oxygen atoms in total. The fourth-order valence-corrected chi connectivity index (χ4v) is 4.40. The normalized spacial score (nSPS) is 24.6. The SMILES string of the molecule is CC(=O)Oc1c([C@@H]2CC[C@@H](Br)[C@@H]2Br)c2ccccc2oc1=O. The second-order valence-corrected chi connectivity index (χ2v) is 7.60. The van der Waals surface area contributed by atoms with Crippen molar-refractivity contribution in [2.24, 2.45) is 0 Å². The van der Waals surface area contributed by atoms with Crippen molar-refractivity contribution in [2.75, 3.05) is 0 Å². The van der Waals surface area contributed by atoms with E-state index in [0.29, 0.717) is 10.4 Å². The molecule has 1 saturated carbocycles. The summed E-state index contributed by atoms with van der Waals surface area (Å²) in [5.74, 6) is -0.432. The van der Waals surface area contributed by atoms with E-state index in [4.69, 9.17) is 9.15 Å². The standard InChI is InChI=1S/C16H14Br2O4/c1-8(19)21-15-13(10-6-7-11(17)14(10)18)9-4-2-3-5-12(9)22-16(15)20/h2-5,10-11,14H,6-7H2,1H3/t10-,11+,14+/m0/s1. The minimum absolute atomic E-state index is 0.0160. The zero-order chi connectivity index (χ0) is 15.9. The lowest BCUT2D eigenvalue weighted by molar-refractivity contribution is -0.132. The molecule has 2 aromatic rings. The van der Waals surface area contributed by atoms with Gasteiger partial charge in [0.25, 0.3) is 0 Å². The Kier molecular flexibility index (Phi) is 4.41. The maximum atomic E-state index is 12.3. The summed E-state index contributed by atoms with van der Waals surface area (Å²) in [5.41, 5.74) is 0.656. The van der Waals surface area contributed by atoms with E-state index < -0.39 is 11.6 Å². The van der Waals surface area contributed by atoms with Crippen molar-refractivity contribution in [1.82, 2.24) is 0 Å². The highest BCUT2D eigenvalue weighted by Crippen LogP contribution is 2.47. The molecule has 0 spiro atoms. The van der Waals surface area contributed by atoms with Crippen molar-refractivity contribution in [1.29, 1.82) is 0 Å². The van der Waals surface area contributed by atoms with Gasteiger partial charge >= 0.3 is 11.6 Å². The molecule has 0 N–H and O–H groups in total. The highest BCUT2D eigenvalue weighted by atomic mass is 79.9. The van der Waals surface area contributed by atoms with E-state index in [1.165, 1.54) is 6.92 Å². The molecule has 1 aromatic heterocycles. The van der Waals surface area contributed by atoms with Crippen LogP contribution in [0.25, 0.3) is 11.0 Å². The zero-order valence-electron chi connectivity index (χ0n) is 11.8. The van der Waals surface area contributed by atoms with Crippen molar-refractivity contribution in [2.45, 2.75) is 35.3 Å². The fraction of sp³-hybridized carbons (Fsp3) is 0.375. The Balaban J connectivity index is 2.28. The minimum atomic E-state index is -0.610. The Morgan fingerprint density at radius 2 is 2.00 bits per heavy atom. The molecule has 3 rings (SSSR count). The first-order chi connectivity index (χ1) is 10.5. The fourth-order valence-electron chi connectivity index (χ4n) is 2.98. The summed E-state index contributed by atoms with van der Waals surface area (Å²) in [6.45, 7) is 1.28. The van der Waals surface area contributed by atoms with Gasteiger partial charge in [-0.3, -0.25) is 4.79 Å². The third-order valence-corrected chi connectivity index (χ3v) is 6.92. The number of hydrogen-bond acceptors (Lipinski definition) is 4. The lowest BCUT2D eigenvalue weighted by Crippen LogP contribution is -2.19. The Bertz CT molecular complexity index is 783. The monoisotopic (exact) mass is 428 g/mol. The van der Waals surface area contributed by atoms with Crippen LogP contribution in [0.15, 0.2) is 33.5 Å². The molecule has 1 aliphatic carbocycles. The molecule has 6 heteroatoms. The van der Waals surface area contributed by atoms with Crippen molar-refractivity contribution < 1.29 is 13.9 Å². The molecule has 0 amide bonds. The number of esters is 1. The zero-order valence-corrected chi connectivity index (χ0v) is 15.0. The average Bonchev–Trinajstić information content (AvgIpc) is 2.79. The molecule has 1 fully saturated rings. The van der Waals surface area contributed by atoms with Crippen molar-refractivity contribution in [3.8, 4) is 5.75 Å². The second-order valence-electron chi connectivity index (χ2n) is 5.37. The number of para-hydroxylation sites is 1. The van der Waals surface area contributed by atoms with Crippen molar-refractivity contribution >= 4 is 48.8 Å². The predicted molar refractivity (Wildman–Crippen MR) is 91.2 cm³/mol. The summed E-state index contributed by atoms with van der Waals surface area (Å²) in [7, 11) is 0. The van der Waals surface area contributed by atoms with E-state index in [1.807, 2.05) is 18.2 Å². The van der Waals surface area contributed by atoms with Gasteiger partial charge < -0.3 is 9.15 Å². The van der Waals surface area contributed by atoms with Crippen molar-refractivity contribution in [3.05, 3.63) is 40.2 Å². The average molecular weight is 430 g/mol. The van der Waals surface area contributed by atoms with Crippen LogP contribution < -0.4 is 10.4 Å². The van der Waals surface area contributed by atoms with Gasteiger partial charge in [-0.15, -0.1) is 0 Å². The van der Waals surface area contributed by atoms with Crippen LogP contribution >= 0.6 is 31.9 Å². The van der Waals surface area contributed by atoms with Gasteiger partial charge in [-0.25, -0.2) is 4.79 Å². The summed E-state index contributed by atoms with van der Waals surface area (Å²) in [6.07, 6.45) is 1.88. The summed E-state index contributed by atoms with van der Waals surface area (Å²) < 4.78 is 10.5. The van der Waals surface area contributed by atoms with Crippen LogP contribution in [0.2, 0.25) is 0 Å². The molecule has 0 saturated heterocycles. The first kappa shape index (κ1) is 15.7. The van der Waals surface area contributed by atoms with E-state index in [-0.39, 0.29) is 16.5 Å². The number of carbonyl (C=O) groups is 1. The maximum Gasteiger partial charge on any atom is 0.380 e. The van der Waals surface area contributed by atoms with Crippen LogP contribution in [0, 0.1) is 0 Å². The van der Waals surface area contributed by atoms with Crippen LogP contribution in [0.1, 0.15) is 31.2 Å². The molecule has 3 atom stereocenters. The minimum Gasteiger partial charge on any atom is -0.420 e.